The summed E-state index contributed by atoms with van der Waals surface area (Å²) in [5, 5.41) is 3.02. The number of nitrogens with zero attached hydrogens (tertiary/aromatic N) is 1. The molecule has 1 amide bonds. The minimum atomic E-state index is -0.194. The molecule has 2 aromatic rings. The maximum absolute atomic E-state index is 12.4. The lowest BCUT2D eigenvalue weighted by Gasteiger charge is -2.24. The number of benzene rings is 2. The van der Waals surface area contributed by atoms with E-state index in [2.05, 4.69) is 30.4 Å². The molecule has 1 N–H and O–H groups in total. The van der Waals surface area contributed by atoms with Crippen LogP contribution in [0.2, 0.25) is 0 Å². The van der Waals surface area contributed by atoms with Gasteiger partial charge in [0.2, 0.25) is 5.91 Å². The molecular formula is C19H24N2O. The molecule has 0 heterocycles. The monoisotopic (exact) mass is 296 g/mol. The maximum atomic E-state index is 12.4. The van der Waals surface area contributed by atoms with Gasteiger partial charge >= 0.3 is 0 Å². The van der Waals surface area contributed by atoms with Gasteiger partial charge in [-0.05, 0) is 45.0 Å². The van der Waals surface area contributed by atoms with Crippen LogP contribution in [0.1, 0.15) is 23.6 Å². The summed E-state index contributed by atoms with van der Waals surface area (Å²) in [6, 6.07) is 16.0. The third-order valence-electron chi connectivity index (χ3n) is 3.96. The summed E-state index contributed by atoms with van der Waals surface area (Å²) in [5.41, 5.74) is 4.38. The molecular weight excluding hydrogens is 272 g/mol. The summed E-state index contributed by atoms with van der Waals surface area (Å²) in [7, 11) is 1.97. The average Bonchev–Trinajstić information content (AvgIpc) is 2.50. The number of hydrogen-bond acceptors (Lipinski definition) is 2. The van der Waals surface area contributed by atoms with Gasteiger partial charge in [-0.1, -0.05) is 48.0 Å². The number of likely N-dealkylation sites (N-methyl/N-ethyl adjacent to an activating group) is 1. The largest absolute Gasteiger partial charge is 0.324 e. The Morgan fingerprint density at radius 1 is 1.14 bits per heavy atom. The van der Waals surface area contributed by atoms with E-state index in [-0.39, 0.29) is 11.9 Å². The molecule has 0 spiro atoms. The van der Waals surface area contributed by atoms with Gasteiger partial charge < -0.3 is 5.32 Å². The van der Waals surface area contributed by atoms with Gasteiger partial charge in [-0.3, -0.25) is 9.69 Å². The molecule has 0 radical (unpaired) electrons. The SMILES string of the molecule is Cc1ccc(NC(=O)[C@@H](C)N(C)Cc2ccccc2)c(C)c1. The highest BCUT2D eigenvalue weighted by atomic mass is 16.2. The van der Waals surface area contributed by atoms with Crippen LogP contribution >= 0.6 is 0 Å². The number of aryl methyl sites for hydroxylation is 2. The lowest BCUT2D eigenvalue weighted by atomic mass is 10.1. The van der Waals surface area contributed by atoms with E-state index in [1.165, 1.54) is 11.1 Å². The fourth-order valence-corrected chi connectivity index (χ4v) is 2.40. The van der Waals surface area contributed by atoms with Crippen molar-refractivity contribution >= 4 is 11.6 Å². The number of hydrogen-bond donors (Lipinski definition) is 1. The van der Waals surface area contributed by atoms with E-state index in [0.29, 0.717) is 0 Å². The molecule has 0 aliphatic heterocycles. The number of rotatable bonds is 5. The molecule has 0 saturated heterocycles. The molecule has 116 valence electrons. The first-order chi connectivity index (χ1) is 10.5. The normalized spacial score (nSPS) is 12.2. The first-order valence-electron chi connectivity index (χ1n) is 7.59. The summed E-state index contributed by atoms with van der Waals surface area (Å²) < 4.78 is 0. The van der Waals surface area contributed by atoms with Crippen molar-refractivity contribution in [3.63, 3.8) is 0 Å². The smallest absolute Gasteiger partial charge is 0.241 e. The molecule has 3 nitrogen and oxygen atoms in total. The van der Waals surface area contributed by atoms with Crippen LogP contribution in [0.5, 0.6) is 0 Å². The van der Waals surface area contributed by atoms with Gasteiger partial charge in [0.15, 0.2) is 0 Å². The number of anilines is 1. The van der Waals surface area contributed by atoms with Crippen LogP contribution in [0.15, 0.2) is 48.5 Å². The Morgan fingerprint density at radius 3 is 2.45 bits per heavy atom. The first-order valence-corrected chi connectivity index (χ1v) is 7.59. The number of carbonyl (C=O) groups excluding carboxylic acids is 1. The van der Waals surface area contributed by atoms with Crippen LogP contribution in [-0.4, -0.2) is 23.9 Å². The Hall–Kier alpha value is -2.13. The molecule has 3 heteroatoms. The molecule has 0 saturated carbocycles. The number of carbonyl (C=O) groups is 1. The van der Waals surface area contributed by atoms with E-state index in [1.54, 1.807) is 0 Å². The highest BCUT2D eigenvalue weighted by molar-refractivity contribution is 5.95. The molecule has 2 aromatic carbocycles. The number of amides is 1. The van der Waals surface area contributed by atoms with E-state index >= 15 is 0 Å². The summed E-state index contributed by atoms with van der Waals surface area (Å²) >= 11 is 0. The first kappa shape index (κ1) is 16.2. The zero-order valence-corrected chi connectivity index (χ0v) is 13.8. The lowest BCUT2D eigenvalue weighted by molar-refractivity contribution is -0.120. The second-order valence-corrected chi connectivity index (χ2v) is 5.88. The van der Waals surface area contributed by atoms with Gasteiger partial charge in [0.25, 0.3) is 0 Å². The van der Waals surface area contributed by atoms with Gasteiger partial charge in [0.05, 0.1) is 6.04 Å². The van der Waals surface area contributed by atoms with E-state index in [1.807, 2.05) is 56.1 Å². The van der Waals surface area contributed by atoms with Gasteiger partial charge in [-0.2, -0.15) is 0 Å². The van der Waals surface area contributed by atoms with E-state index in [0.717, 1.165) is 17.8 Å². The van der Waals surface area contributed by atoms with Crippen molar-refractivity contribution in [3.05, 3.63) is 65.2 Å². The topological polar surface area (TPSA) is 32.3 Å². The lowest BCUT2D eigenvalue weighted by Crippen LogP contribution is -2.39. The predicted octanol–water partition coefficient (Wildman–Crippen LogP) is 3.76. The minimum Gasteiger partial charge on any atom is -0.324 e. The van der Waals surface area contributed by atoms with E-state index in [4.69, 9.17) is 0 Å². The molecule has 0 unspecified atom stereocenters. The number of nitrogens with one attached hydrogen (secondary N) is 1. The standard InChI is InChI=1S/C19H24N2O/c1-14-10-11-18(15(2)12-14)20-19(22)16(3)21(4)13-17-8-6-5-7-9-17/h5-12,16H,13H2,1-4H3,(H,20,22)/t16-/m1/s1. The fraction of sp³-hybridized carbons (Fsp3) is 0.316. The zero-order valence-electron chi connectivity index (χ0n) is 13.8. The Morgan fingerprint density at radius 2 is 1.82 bits per heavy atom. The third kappa shape index (κ3) is 4.18. The van der Waals surface area contributed by atoms with E-state index in [9.17, 15) is 4.79 Å². The van der Waals surface area contributed by atoms with Crippen LogP contribution < -0.4 is 5.32 Å². The highest BCUT2D eigenvalue weighted by Crippen LogP contribution is 2.17. The Balaban J connectivity index is 1.99. The third-order valence-corrected chi connectivity index (χ3v) is 3.96. The van der Waals surface area contributed by atoms with Crippen molar-refractivity contribution in [1.82, 2.24) is 4.90 Å². The fourth-order valence-electron chi connectivity index (χ4n) is 2.40. The Kier molecular flexibility index (Phi) is 5.34. The highest BCUT2D eigenvalue weighted by Gasteiger charge is 2.18. The summed E-state index contributed by atoms with van der Waals surface area (Å²) in [6.45, 7) is 6.75. The molecule has 1 atom stereocenters. The summed E-state index contributed by atoms with van der Waals surface area (Å²) in [4.78, 5) is 14.5. The maximum Gasteiger partial charge on any atom is 0.241 e. The van der Waals surface area contributed by atoms with Gasteiger partial charge in [-0.25, -0.2) is 0 Å². The Bertz CT molecular complexity index is 637. The van der Waals surface area contributed by atoms with Crippen LogP contribution in [0.4, 0.5) is 5.69 Å². The quantitative estimate of drug-likeness (QED) is 0.911. The second kappa shape index (κ2) is 7.23. The van der Waals surface area contributed by atoms with Crippen molar-refractivity contribution in [2.24, 2.45) is 0 Å². The molecule has 0 aromatic heterocycles. The van der Waals surface area contributed by atoms with Crippen molar-refractivity contribution in [2.75, 3.05) is 12.4 Å². The van der Waals surface area contributed by atoms with Crippen LogP contribution in [-0.2, 0) is 11.3 Å². The molecule has 0 aliphatic carbocycles. The van der Waals surface area contributed by atoms with Crippen molar-refractivity contribution in [2.45, 2.75) is 33.4 Å². The molecule has 0 fully saturated rings. The van der Waals surface area contributed by atoms with Crippen LogP contribution in [0.25, 0.3) is 0 Å². The van der Waals surface area contributed by atoms with E-state index < -0.39 is 0 Å². The van der Waals surface area contributed by atoms with Crippen LogP contribution in [0.3, 0.4) is 0 Å². The predicted molar refractivity (Wildman–Crippen MR) is 91.9 cm³/mol. The molecule has 0 aliphatic rings. The summed E-state index contributed by atoms with van der Waals surface area (Å²) in [5.74, 6) is 0.0189. The van der Waals surface area contributed by atoms with Crippen molar-refractivity contribution in [3.8, 4) is 0 Å². The molecule has 0 bridgehead atoms. The Labute approximate surface area is 133 Å². The molecule has 22 heavy (non-hydrogen) atoms. The second-order valence-electron chi connectivity index (χ2n) is 5.88. The minimum absolute atomic E-state index is 0.0189. The van der Waals surface area contributed by atoms with Crippen molar-refractivity contribution in [1.29, 1.82) is 0 Å². The van der Waals surface area contributed by atoms with Gasteiger partial charge in [0.1, 0.15) is 0 Å². The van der Waals surface area contributed by atoms with Gasteiger partial charge in [0, 0.05) is 12.2 Å². The van der Waals surface area contributed by atoms with Gasteiger partial charge in [-0.15, -0.1) is 0 Å². The molecule has 2 rings (SSSR count). The van der Waals surface area contributed by atoms with Crippen LogP contribution in [0, 0.1) is 13.8 Å². The summed E-state index contributed by atoms with van der Waals surface area (Å²) in [6.07, 6.45) is 0. The van der Waals surface area contributed by atoms with Crippen molar-refractivity contribution < 1.29 is 4.79 Å². The average molecular weight is 296 g/mol. The zero-order chi connectivity index (χ0) is 16.1.